The van der Waals surface area contributed by atoms with Crippen LogP contribution in [0.3, 0.4) is 0 Å². The molecule has 0 saturated carbocycles. The molecule has 2 aromatic rings. The molecule has 0 spiro atoms. The van der Waals surface area contributed by atoms with Crippen molar-refractivity contribution >= 4 is 10.2 Å². The molecule has 2 saturated heterocycles. The van der Waals surface area contributed by atoms with Gasteiger partial charge in [-0.2, -0.15) is 22.1 Å². The Balaban J connectivity index is 1.31. The molecule has 1 aromatic carbocycles. The van der Waals surface area contributed by atoms with Crippen molar-refractivity contribution in [2.45, 2.75) is 18.8 Å². The topological polar surface area (TPSA) is 97.0 Å². The molecule has 1 aromatic heterocycles. The third kappa shape index (κ3) is 4.61. The minimum absolute atomic E-state index is 0.0981. The SMILES string of the molecule is COc1ccccc1OCCc1cc(C2CCN(S(=O)(=O)N3CCOCC3)C2)n[nH]1. The molecule has 0 aliphatic carbocycles. The lowest BCUT2D eigenvalue weighted by molar-refractivity contribution is 0.0705. The maximum atomic E-state index is 12.8. The Morgan fingerprint density at radius 2 is 1.93 bits per heavy atom. The fraction of sp³-hybridized carbons (Fsp3) is 0.550. The third-order valence-corrected chi connectivity index (χ3v) is 7.54. The monoisotopic (exact) mass is 436 g/mol. The van der Waals surface area contributed by atoms with Gasteiger partial charge in [-0.05, 0) is 24.6 Å². The first kappa shape index (κ1) is 21.1. The van der Waals surface area contributed by atoms with Crippen molar-refractivity contribution in [2.24, 2.45) is 0 Å². The minimum Gasteiger partial charge on any atom is -0.493 e. The van der Waals surface area contributed by atoms with Crippen molar-refractivity contribution < 1.29 is 22.6 Å². The molecule has 2 aliphatic rings. The molecule has 164 valence electrons. The molecular formula is C20H28N4O5S. The summed E-state index contributed by atoms with van der Waals surface area (Å²) in [6.45, 7) is 3.21. The zero-order chi connectivity index (χ0) is 21.0. The van der Waals surface area contributed by atoms with Crippen LogP contribution in [-0.2, 0) is 21.4 Å². The van der Waals surface area contributed by atoms with E-state index < -0.39 is 10.2 Å². The molecule has 3 heterocycles. The summed E-state index contributed by atoms with van der Waals surface area (Å²) in [4.78, 5) is 0. The Morgan fingerprint density at radius 1 is 1.17 bits per heavy atom. The number of para-hydroxylation sites is 2. The summed E-state index contributed by atoms with van der Waals surface area (Å²) in [5.41, 5.74) is 1.87. The molecule has 0 amide bonds. The quantitative estimate of drug-likeness (QED) is 0.672. The van der Waals surface area contributed by atoms with E-state index in [9.17, 15) is 8.42 Å². The average Bonchev–Trinajstić information content (AvgIpc) is 3.45. The number of morpholine rings is 1. The maximum Gasteiger partial charge on any atom is 0.282 e. The summed E-state index contributed by atoms with van der Waals surface area (Å²) in [6.07, 6.45) is 1.44. The van der Waals surface area contributed by atoms with Crippen LogP contribution in [0.2, 0.25) is 0 Å². The van der Waals surface area contributed by atoms with Crippen LogP contribution < -0.4 is 9.47 Å². The summed E-state index contributed by atoms with van der Waals surface area (Å²) >= 11 is 0. The second-order valence-electron chi connectivity index (χ2n) is 7.43. The van der Waals surface area contributed by atoms with Crippen LogP contribution >= 0.6 is 0 Å². The van der Waals surface area contributed by atoms with Crippen LogP contribution in [0.4, 0.5) is 0 Å². The lowest BCUT2D eigenvalue weighted by atomic mass is 10.0. The van der Waals surface area contributed by atoms with Gasteiger partial charge in [0.15, 0.2) is 11.5 Å². The number of aromatic nitrogens is 2. The predicted molar refractivity (Wildman–Crippen MR) is 111 cm³/mol. The van der Waals surface area contributed by atoms with E-state index in [2.05, 4.69) is 10.2 Å². The van der Waals surface area contributed by atoms with Gasteiger partial charge in [0.25, 0.3) is 10.2 Å². The third-order valence-electron chi connectivity index (χ3n) is 5.54. The second kappa shape index (κ2) is 9.34. The number of H-pyrrole nitrogens is 1. The lowest BCUT2D eigenvalue weighted by Gasteiger charge is -2.30. The number of methoxy groups -OCH3 is 1. The van der Waals surface area contributed by atoms with E-state index in [1.165, 1.54) is 4.31 Å². The van der Waals surface area contributed by atoms with Crippen molar-refractivity contribution in [1.82, 2.24) is 18.8 Å². The number of ether oxygens (including phenoxy) is 3. The highest BCUT2D eigenvalue weighted by Crippen LogP contribution is 2.30. The summed E-state index contributed by atoms with van der Waals surface area (Å²) in [7, 11) is -1.81. The van der Waals surface area contributed by atoms with Crippen LogP contribution in [0.25, 0.3) is 0 Å². The van der Waals surface area contributed by atoms with Crippen LogP contribution in [0.1, 0.15) is 23.7 Å². The number of nitrogens with zero attached hydrogens (tertiary/aromatic N) is 3. The van der Waals surface area contributed by atoms with E-state index in [1.807, 2.05) is 30.3 Å². The lowest BCUT2D eigenvalue weighted by Crippen LogP contribution is -2.47. The van der Waals surface area contributed by atoms with E-state index in [0.717, 1.165) is 17.8 Å². The molecule has 4 rings (SSSR count). The van der Waals surface area contributed by atoms with Crippen molar-refractivity contribution in [3.05, 3.63) is 41.7 Å². The van der Waals surface area contributed by atoms with E-state index in [1.54, 1.807) is 11.4 Å². The van der Waals surface area contributed by atoms with Crippen LogP contribution in [0.5, 0.6) is 11.5 Å². The number of hydrogen-bond acceptors (Lipinski definition) is 6. The molecule has 9 nitrogen and oxygen atoms in total. The number of hydrogen-bond donors (Lipinski definition) is 1. The van der Waals surface area contributed by atoms with E-state index in [4.69, 9.17) is 14.2 Å². The van der Waals surface area contributed by atoms with Crippen LogP contribution in [-0.4, -0.2) is 80.3 Å². The van der Waals surface area contributed by atoms with Crippen LogP contribution in [0, 0.1) is 0 Å². The molecule has 0 radical (unpaired) electrons. The van der Waals surface area contributed by atoms with Crippen molar-refractivity contribution in [1.29, 1.82) is 0 Å². The Labute approximate surface area is 177 Å². The van der Waals surface area contributed by atoms with Gasteiger partial charge in [0.2, 0.25) is 0 Å². The van der Waals surface area contributed by atoms with Gasteiger partial charge in [-0.3, -0.25) is 5.10 Å². The Hall–Kier alpha value is -2.14. The highest BCUT2D eigenvalue weighted by atomic mass is 32.2. The molecule has 1 unspecified atom stereocenters. The summed E-state index contributed by atoms with van der Waals surface area (Å²) in [5, 5.41) is 7.48. The van der Waals surface area contributed by atoms with Gasteiger partial charge in [0, 0.05) is 44.2 Å². The Kier molecular flexibility index (Phi) is 6.57. The van der Waals surface area contributed by atoms with Gasteiger partial charge in [0.1, 0.15) is 0 Å². The first-order chi connectivity index (χ1) is 14.6. The molecule has 2 aliphatic heterocycles. The first-order valence-electron chi connectivity index (χ1n) is 10.2. The highest BCUT2D eigenvalue weighted by Gasteiger charge is 2.37. The van der Waals surface area contributed by atoms with Gasteiger partial charge < -0.3 is 14.2 Å². The van der Waals surface area contributed by atoms with Crippen molar-refractivity contribution in [2.75, 3.05) is 53.1 Å². The summed E-state index contributed by atoms with van der Waals surface area (Å²) < 4.78 is 45.1. The minimum atomic E-state index is -3.43. The normalized spacial score (nSPS) is 21.0. The van der Waals surface area contributed by atoms with Crippen molar-refractivity contribution in [3.8, 4) is 11.5 Å². The van der Waals surface area contributed by atoms with Crippen molar-refractivity contribution in [3.63, 3.8) is 0 Å². The average molecular weight is 437 g/mol. The molecule has 0 bridgehead atoms. The van der Waals surface area contributed by atoms with Crippen LogP contribution in [0.15, 0.2) is 30.3 Å². The molecule has 2 fully saturated rings. The number of nitrogens with one attached hydrogen (secondary N) is 1. The molecular weight excluding hydrogens is 408 g/mol. The maximum absolute atomic E-state index is 12.8. The van der Waals surface area contributed by atoms with Gasteiger partial charge in [-0.25, -0.2) is 0 Å². The summed E-state index contributed by atoms with van der Waals surface area (Å²) in [5.74, 6) is 1.51. The van der Waals surface area contributed by atoms with Gasteiger partial charge >= 0.3 is 0 Å². The van der Waals surface area contributed by atoms with Gasteiger partial charge in [-0.1, -0.05) is 12.1 Å². The standard InChI is InChI=1S/C20H28N4O5S/c1-27-19-4-2-3-5-20(19)29-11-7-17-14-18(22-21-17)16-6-8-24(15-16)30(25,26)23-9-12-28-13-10-23/h2-5,14,16H,6-13,15H2,1H3,(H,21,22). The molecule has 10 heteroatoms. The number of rotatable bonds is 8. The smallest absolute Gasteiger partial charge is 0.282 e. The van der Waals surface area contributed by atoms with E-state index in [0.29, 0.717) is 63.9 Å². The first-order valence-corrected chi connectivity index (χ1v) is 11.6. The van der Waals surface area contributed by atoms with E-state index >= 15 is 0 Å². The molecule has 1 atom stereocenters. The zero-order valence-corrected chi connectivity index (χ0v) is 17.9. The second-order valence-corrected chi connectivity index (χ2v) is 9.36. The van der Waals surface area contributed by atoms with E-state index in [-0.39, 0.29) is 5.92 Å². The number of benzene rings is 1. The summed E-state index contributed by atoms with van der Waals surface area (Å²) in [6, 6.07) is 9.56. The fourth-order valence-electron chi connectivity index (χ4n) is 3.85. The fourth-order valence-corrected chi connectivity index (χ4v) is 5.49. The van der Waals surface area contributed by atoms with Gasteiger partial charge in [0.05, 0.1) is 32.6 Å². The Bertz CT molecular complexity index is 942. The predicted octanol–water partition coefficient (Wildman–Crippen LogP) is 1.41. The number of aromatic amines is 1. The Morgan fingerprint density at radius 3 is 2.70 bits per heavy atom. The zero-order valence-electron chi connectivity index (χ0n) is 17.1. The largest absolute Gasteiger partial charge is 0.493 e. The molecule has 30 heavy (non-hydrogen) atoms. The molecule has 1 N–H and O–H groups in total. The van der Waals surface area contributed by atoms with Gasteiger partial charge in [-0.15, -0.1) is 0 Å². The highest BCUT2D eigenvalue weighted by molar-refractivity contribution is 7.86.